The topological polar surface area (TPSA) is 329 Å². The number of nitrogens with zero attached hydrogens (tertiary/aromatic N) is 1. The molecule has 170 valence electrons. The zero-order valence-corrected chi connectivity index (χ0v) is 17.9. The molecule has 0 aliphatic heterocycles. The molecule has 0 aromatic rings. The normalized spacial score (nSPS) is 16.4. The highest BCUT2D eigenvalue weighted by molar-refractivity contribution is 7.89. The fourth-order valence-corrected chi connectivity index (χ4v) is 12.2. The number of hydrogen-bond donors (Lipinski definition) is 12. The fraction of sp³-hybridized carbons (Fsp3) is 1.00. The summed E-state index contributed by atoms with van der Waals surface area (Å²) in [6.45, 7) is -1.89. The third-order valence-electron chi connectivity index (χ3n) is 3.08. The molecule has 0 heterocycles. The second kappa shape index (κ2) is 9.01. The molecule has 1 unspecified atom stereocenters. The van der Waals surface area contributed by atoms with Crippen molar-refractivity contribution in [2.45, 2.75) is 10.5 Å². The summed E-state index contributed by atoms with van der Waals surface area (Å²) in [5.74, 6) is -3.20. The number of hydrogen-bond acceptors (Lipinski definition) is 7. The van der Waals surface area contributed by atoms with Crippen LogP contribution in [0.5, 0.6) is 0 Å². The van der Waals surface area contributed by atoms with Gasteiger partial charge in [0.1, 0.15) is 5.78 Å². The van der Waals surface area contributed by atoms with Crippen molar-refractivity contribution >= 4 is 38.1 Å². The van der Waals surface area contributed by atoms with E-state index in [1.165, 1.54) is 0 Å². The van der Waals surface area contributed by atoms with Crippen LogP contribution in [0, 0.1) is 0 Å². The van der Waals surface area contributed by atoms with Crippen LogP contribution in [0.3, 0.4) is 0 Å². The van der Waals surface area contributed by atoms with E-state index >= 15 is 0 Å². The molecule has 0 spiro atoms. The average Bonchev–Trinajstić information content (AvgIpc) is 2.34. The Balaban J connectivity index is 7.40. The van der Waals surface area contributed by atoms with E-state index in [1.807, 2.05) is 0 Å². The predicted molar refractivity (Wildman–Crippen MR) is 90.5 cm³/mol. The van der Waals surface area contributed by atoms with Crippen LogP contribution in [0.4, 0.5) is 0 Å². The monoisotopic (exact) mass is 517 g/mol. The van der Waals surface area contributed by atoms with Gasteiger partial charge in [-0.25, -0.2) is 4.57 Å². The molecule has 28 heavy (non-hydrogen) atoms. The van der Waals surface area contributed by atoms with Crippen molar-refractivity contribution in [1.29, 1.82) is 0 Å². The third kappa shape index (κ3) is 5.86. The Bertz CT molecular complexity index is 729. The van der Waals surface area contributed by atoms with Gasteiger partial charge in [0.25, 0.3) is 0 Å². The second-order valence-corrected chi connectivity index (χ2v) is 14.6. The minimum atomic E-state index is -6.95. The number of nitrogens with two attached hydrogens (primary N) is 1. The van der Waals surface area contributed by atoms with Crippen molar-refractivity contribution in [3.8, 4) is 0 Å². The molecule has 23 heteroatoms. The van der Waals surface area contributed by atoms with Crippen LogP contribution in [-0.2, 0) is 22.8 Å². The van der Waals surface area contributed by atoms with Gasteiger partial charge in [-0.05, 0) is 0 Å². The van der Waals surface area contributed by atoms with Crippen molar-refractivity contribution in [3.05, 3.63) is 0 Å². The van der Waals surface area contributed by atoms with Gasteiger partial charge in [-0.2, -0.15) is 4.67 Å². The molecule has 18 nitrogen and oxygen atoms in total. The third-order valence-corrected chi connectivity index (χ3v) is 13.7. The van der Waals surface area contributed by atoms with Gasteiger partial charge in [-0.3, -0.25) is 18.3 Å². The molecule has 0 radical (unpaired) electrons. The lowest BCUT2D eigenvalue weighted by atomic mass is 10.5. The van der Waals surface area contributed by atoms with Gasteiger partial charge >= 0.3 is 42.9 Å². The lowest BCUT2D eigenvalue weighted by Gasteiger charge is -2.45. The van der Waals surface area contributed by atoms with E-state index in [-0.39, 0.29) is 13.1 Å². The minimum Gasteiger partial charge on any atom is -0.329 e. The Labute approximate surface area is 156 Å². The Hall–Kier alpha value is 0.630. The average molecular weight is 517 g/mol. The van der Waals surface area contributed by atoms with Gasteiger partial charge in [0.15, 0.2) is 0 Å². The van der Waals surface area contributed by atoms with Gasteiger partial charge in [-0.1, -0.05) is 0 Å². The molecule has 0 aromatic heterocycles. The summed E-state index contributed by atoms with van der Waals surface area (Å²) >= 11 is 0. The van der Waals surface area contributed by atoms with Gasteiger partial charge in [-0.15, -0.1) is 0 Å². The van der Waals surface area contributed by atoms with E-state index in [1.54, 1.807) is 0 Å². The van der Waals surface area contributed by atoms with E-state index in [0.717, 1.165) is 0 Å². The summed E-state index contributed by atoms with van der Waals surface area (Å²) in [5, 5.41) is 2.06. The van der Waals surface area contributed by atoms with Crippen LogP contribution in [0.1, 0.15) is 0 Å². The maximum absolute atomic E-state index is 11.8. The van der Waals surface area contributed by atoms with Crippen LogP contribution in [0.15, 0.2) is 0 Å². The SMILES string of the molecule is NCCNCC(N(C(P(=O)(O)O)(P(=O)(O)O)P(=O)(O)O)P(=O)(O)O)P(=O)(O)O. The molecular formula is C5H20N3O15P5. The molecule has 1 atom stereocenters. The Morgan fingerprint density at radius 3 is 1.36 bits per heavy atom. The first kappa shape index (κ1) is 28.6. The Kier molecular flexibility index (Phi) is 9.21. The zero-order chi connectivity index (χ0) is 23.0. The molecule has 0 fully saturated rings. The smallest absolute Gasteiger partial charge is 0.329 e. The molecule has 0 saturated carbocycles. The lowest BCUT2D eigenvalue weighted by molar-refractivity contribution is 0.176. The molecule has 0 amide bonds. The van der Waals surface area contributed by atoms with Crippen molar-refractivity contribution in [3.63, 3.8) is 0 Å². The number of nitrogens with one attached hydrogen (secondary N) is 1. The molecule has 0 aromatic carbocycles. The maximum atomic E-state index is 11.8. The van der Waals surface area contributed by atoms with E-state index in [4.69, 9.17) is 5.73 Å². The molecular weight excluding hydrogens is 497 g/mol. The van der Waals surface area contributed by atoms with E-state index < -0.39 is 59.9 Å². The fourth-order valence-electron chi connectivity index (χ4n) is 2.14. The summed E-state index contributed by atoms with van der Waals surface area (Å²) in [7, 11) is -33.4. The highest BCUT2D eigenvalue weighted by atomic mass is 31.3. The van der Waals surface area contributed by atoms with Crippen molar-refractivity contribution in [2.24, 2.45) is 5.73 Å². The van der Waals surface area contributed by atoms with E-state index in [9.17, 15) is 71.8 Å². The molecule has 0 bridgehead atoms. The standard InChI is InChI=1S/C5H20N3O15P5/c6-1-2-7-3-4(24(9,10)11)8(28(21,22)23)5(25(12,13)14,26(15,16)17)27(18,19)20/h4,7H,1-3,6H2,(H2,9,10,11)(H2,12,13,14)(H2,15,16,17)(H2,18,19,20)(H2,21,22,23). The molecule has 0 aliphatic rings. The molecule has 13 N–H and O–H groups in total. The van der Waals surface area contributed by atoms with E-state index in [2.05, 4.69) is 5.32 Å². The van der Waals surface area contributed by atoms with Crippen molar-refractivity contribution in [1.82, 2.24) is 9.99 Å². The van der Waals surface area contributed by atoms with Crippen molar-refractivity contribution in [2.75, 3.05) is 19.6 Å². The summed E-state index contributed by atoms with van der Waals surface area (Å²) < 4.78 is 52.2. The van der Waals surface area contributed by atoms with Crippen LogP contribution < -0.4 is 11.1 Å². The van der Waals surface area contributed by atoms with Gasteiger partial charge in [0.2, 0.25) is 0 Å². The molecule has 0 rings (SSSR count). The molecule has 0 aliphatic carbocycles. The van der Waals surface area contributed by atoms with Crippen LogP contribution in [0.25, 0.3) is 0 Å². The highest BCUT2D eigenvalue weighted by Crippen LogP contribution is 2.87. The minimum absolute atomic E-state index is 0.232. The first-order chi connectivity index (χ1) is 12.1. The number of rotatable bonds is 11. The van der Waals surface area contributed by atoms with Crippen LogP contribution in [-0.4, -0.2) is 83.8 Å². The first-order valence-electron chi connectivity index (χ1n) is 6.55. The first-order valence-corrected chi connectivity index (χ1v) is 14.6. The van der Waals surface area contributed by atoms with Crippen LogP contribution in [0.2, 0.25) is 0 Å². The second-order valence-electron chi connectivity index (χ2n) is 5.15. The Morgan fingerprint density at radius 1 is 0.786 bits per heavy atom. The summed E-state index contributed by atoms with van der Waals surface area (Å²) in [6.07, 6.45) is 0. The highest BCUT2D eigenvalue weighted by Gasteiger charge is 2.80. The summed E-state index contributed by atoms with van der Waals surface area (Å²) in [6, 6.07) is 0. The maximum Gasteiger partial charge on any atom is 0.406 e. The van der Waals surface area contributed by atoms with Gasteiger partial charge < -0.3 is 60.0 Å². The van der Waals surface area contributed by atoms with E-state index in [0.29, 0.717) is 0 Å². The zero-order valence-electron chi connectivity index (χ0n) is 13.5. The summed E-state index contributed by atoms with van der Waals surface area (Å²) in [5.41, 5.74) is 5.08. The Morgan fingerprint density at radius 2 is 1.14 bits per heavy atom. The lowest BCUT2D eigenvalue weighted by Crippen LogP contribution is -2.53. The predicted octanol–water partition coefficient (Wildman–Crippen LogP) is -3.42. The summed E-state index contributed by atoms with van der Waals surface area (Å²) in [4.78, 5) is 93.7. The largest absolute Gasteiger partial charge is 0.406 e. The molecule has 0 saturated heterocycles. The van der Waals surface area contributed by atoms with Crippen molar-refractivity contribution < 1.29 is 71.8 Å². The van der Waals surface area contributed by atoms with Gasteiger partial charge in [0.05, 0.1) is 0 Å². The van der Waals surface area contributed by atoms with Gasteiger partial charge in [0, 0.05) is 19.6 Å². The quantitative estimate of drug-likeness (QED) is 0.0937. The van der Waals surface area contributed by atoms with Crippen LogP contribution >= 0.6 is 38.1 Å².